The third-order valence-electron chi connectivity index (χ3n) is 2.40. The summed E-state index contributed by atoms with van der Waals surface area (Å²) in [5, 5.41) is 4.46. The number of fused-ring (bicyclic) bond motifs is 1. The van der Waals surface area contributed by atoms with Crippen LogP contribution in [0.3, 0.4) is 0 Å². The van der Waals surface area contributed by atoms with Crippen LogP contribution in [0.2, 0.25) is 0 Å². The van der Waals surface area contributed by atoms with Gasteiger partial charge >= 0.3 is 0 Å². The van der Waals surface area contributed by atoms with Crippen molar-refractivity contribution in [3.05, 3.63) is 34.4 Å². The van der Waals surface area contributed by atoms with Gasteiger partial charge in [-0.05, 0) is 28.5 Å². The van der Waals surface area contributed by atoms with Crippen LogP contribution < -0.4 is 5.32 Å². The zero-order valence-corrected chi connectivity index (χ0v) is 9.93. The zero-order valence-electron chi connectivity index (χ0n) is 8.34. The molecule has 0 amide bonds. The Bertz CT molecular complexity index is 460. The highest BCUT2D eigenvalue weighted by atomic mass is 79.9. The molecule has 0 atom stereocenters. The lowest BCUT2D eigenvalue weighted by Gasteiger charge is -2.04. The highest BCUT2D eigenvalue weighted by Crippen LogP contribution is 2.27. The molecule has 0 fully saturated rings. The van der Waals surface area contributed by atoms with Crippen molar-refractivity contribution in [2.75, 3.05) is 7.05 Å². The van der Waals surface area contributed by atoms with Crippen LogP contribution in [0, 0.1) is 0 Å². The number of para-hydroxylation sites is 1. The number of aromatic nitrogens is 1. The van der Waals surface area contributed by atoms with Gasteiger partial charge in [-0.15, -0.1) is 0 Å². The predicted octanol–water partition coefficient (Wildman–Crippen LogP) is 2.66. The van der Waals surface area contributed by atoms with Crippen molar-refractivity contribution in [3.8, 4) is 0 Å². The zero-order chi connectivity index (χ0) is 10.1. The first-order chi connectivity index (χ1) is 6.74. The number of halogens is 1. The largest absolute Gasteiger partial charge is 0.349 e. The SMILES string of the molecule is CNCc1cccc2c(Br)cn(C)c12. The maximum Gasteiger partial charge on any atom is 0.0535 e. The number of nitrogens with zero attached hydrogens (tertiary/aromatic N) is 1. The lowest BCUT2D eigenvalue weighted by molar-refractivity contribution is 0.815. The van der Waals surface area contributed by atoms with Crippen molar-refractivity contribution in [1.29, 1.82) is 0 Å². The van der Waals surface area contributed by atoms with Crippen LogP contribution >= 0.6 is 15.9 Å². The molecule has 0 saturated heterocycles. The van der Waals surface area contributed by atoms with E-state index in [0.29, 0.717) is 0 Å². The molecule has 0 bridgehead atoms. The summed E-state index contributed by atoms with van der Waals surface area (Å²) in [6.07, 6.45) is 2.10. The van der Waals surface area contributed by atoms with Gasteiger partial charge < -0.3 is 9.88 Å². The van der Waals surface area contributed by atoms with Gasteiger partial charge in [-0.2, -0.15) is 0 Å². The molecule has 1 aromatic carbocycles. The van der Waals surface area contributed by atoms with E-state index in [0.717, 1.165) is 11.0 Å². The highest BCUT2D eigenvalue weighted by Gasteiger charge is 2.07. The summed E-state index contributed by atoms with van der Waals surface area (Å²) in [5.74, 6) is 0. The molecule has 2 rings (SSSR count). The Morgan fingerprint density at radius 2 is 2.21 bits per heavy atom. The van der Waals surface area contributed by atoms with E-state index >= 15 is 0 Å². The number of hydrogen-bond donors (Lipinski definition) is 1. The van der Waals surface area contributed by atoms with E-state index in [-0.39, 0.29) is 0 Å². The molecule has 1 heterocycles. The third kappa shape index (κ3) is 1.47. The summed E-state index contributed by atoms with van der Waals surface area (Å²) in [7, 11) is 4.04. The number of aryl methyl sites for hydroxylation is 1. The lowest BCUT2D eigenvalue weighted by atomic mass is 10.1. The summed E-state index contributed by atoms with van der Waals surface area (Å²) in [6, 6.07) is 6.39. The van der Waals surface area contributed by atoms with E-state index in [2.05, 4.69) is 57.3 Å². The summed E-state index contributed by atoms with van der Waals surface area (Å²) in [6.45, 7) is 0.904. The van der Waals surface area contributed by atoms with E-state index in [1.165, 1.54) is 16.5 Å². The molecular formula is C11H13BrN2. The van der Waals surface area contributed by atoms with E-state index in [1.807, 2.05) is 7.05 Å². The Morgan fingerprint density at radius 3 is 2.93 bits per heavy atom. The maximum absolute atomic E-state index is 3.56. The molecule has 0 spiro atoms. The minimum atomic E-state index is 0.904. The first kappa shape index (κ1) is 9.74. The summed E-state index contributed by atoms with van der Waals surface area (Å²) < 4.78 is 3.32. The second-order valence-corrected chi connectivity index (χ2v) is 4.29. The van der Waals surface area contributed by atoms with Crippen LogP contribution in [0.15, 0.2) is 28.9 Å². The Kier molecular flexibility index (Phi) is 2.61. The Labute approximate surface area is 92.0 Å². The van der Waals surface area contributed by atoms with Crippen molar-refractivity contribution in [3.63, 3.8) is 0 Å². The van der Waals surface area contributed by atoms with Crippen LogP contribution in [0.1, 0.15) is 5.56 Å². The van der Waals surface area contributed by atoms with Gasteiger partial charge in [0.25, 0.3) is 0 Å². The van der Waals surface area contributed by atoms with Crippen molar-refractivity contribution in [2.45, 2.75) is 6.54 Å². The maximum atomic E-state index is 3.56. The molecule has 14 heavy (non-hydrogen) atoms. The summed E-state index contributed by atoms with van der Waals surface area (Å²) in [4.78, 5) is 0. The molecule has 0 saturated carbocycles. The van der Waals surface area contributed by atoms with Crippen LogP contribution in [-0.2, 0) is 13.6 Å². The predicted molar refractivity (Wildman–Crippen MR) is 63.4 cm³/mol. The first-order valence-electron chi connectivity index (χ1n) is 4.61. The second-order valence-electron chi connectivity index (χ2n) is 3.43. The van der Waals surface area contributed by atoms with Crippen LogP contribution in [-0.4, -0.2) is 11.6 Å². The molecular weight excluding hydrogens is 240 g/mol. The molecule has 1 aromatic heterocycles. The molecule has 0 aliphatic heterocycles. The van der Waals surface area contributed by atoms with Gasteiger partial charge in [-0.1, -0.05) is 18.2 Å². The molecule has 1 N–H and O–H groups in total. The number of nitrogens with one attached hydrogen (secondary N) is 1. The smallest absolute Gasteiger partial charge is 0.0535 e. The number of hydrogen-bond acceptors (Lipinski definition) is 1. The van der Waals surface area contributed by atoms with Crippen molar-refractivity contribution < 1.29 is 0 Å². The van der Waals surface area contributed by atoms with Crippen LogP contribution in [0.5, 0.6) is 0 Å². The Morgan fingerprint density at radius 1 is 1.43 bits per heavy atom. The molecule has 2 aromatic rings. The average Bonchev–Trinajstić information content (AvgIpc) is 2.44. The molecule has 0 aliphatic carbocycles. The fraction of sp³-hybridized carbons (Fsp3) is 0.273. The van der Waals surface area contributed by atoms with E-state index in [4.69, 9.17) is 0 Å². The number of rotatable bonds is 2. The van der Waals surface area contributed by atoms with Crippen molar-refractivity contribution in [2.24, 2.45) is 7.05 Å². The monoisotopic (exact) mass is 252 g/mol. The quantitative estimate of drug-likeness (QED) is 0.870. The molecule has 2 nitrogen and oxygen atoms in total. The van der Waals surface area contributed by atoms with Gasteiger partial charge in [-0.3, -0.25) is 0 Å². The third-order valence-corrected chi connectivity index (χ3v) is 3.04. The van der Waals surface area contributed by atoms with Crippen molar-refractivity contribution in [1.82, 2.24) is 9.88 Å². The van der Waals surface area contributed by atoms with Crippen molar-refractivity contribution >= 4 is 26.8 Å². The Hall–Kier alpha value is -0.800. The molecule has 74 valence electrons. The Balaban J connectivity index is 2.72. The van der Waals surface area contributed by atoms with Crippen LogP contribution in [0.4, 0.5) is 0 Å². The second kappa shape index (κ2) is 3.75. The van der Waals surface area contributed by atoms with E-state index in [9.17, 15) is 0 Å². The van der Waals surface area contributed by atoms with Gasteiger partial charge in [-0.25, -0.2) is 0 Å². The van der Waals surface area contributed by atoms with Crippen LogP contribution in [0.25, 0.3) is 10.9 Å². The standard InChI is InChI=1S/C11H13BrN2/c1-13-6-8-4-3-5-9-10(12)7-14(2)11(8)9/h3-5,7,13H,6H2,1-2H3. The molecule has 3 heteroatoms. The van der Waals surface area contributed by atoms with E-state index < -0.39 is 0 Å². The summed E-state index contributed by atoms with van der Waals surface area (Å²) >= 11 is 3.56. The average molecular weight is 253 g/mol. The van der Waals surface area contributed by atoms with E-state index in [1.54, 1.807) is 0 Å². The summed E-state index contributed by atoms with van der Waals surface area (Å²) in [5.41, 5.74) is 2.63. The minimum Gasteiger partial charge on any atom is -0.349 e. The fourth-order valence-corrected chi connectivity index (χ4v) is 2.46. The van der Waals surface area contributed by atoms with Gasteiger partial charge in [0.05, 0.1) is 5.52 Å². The molecule has 0 aliphatic rings. The minimum absolute atomic E-state index is 0.904. The lowest BCUT2D eigenvalue weighted by Crippen LogP contribution is -2.06. The number of benzene rings is 1. The normalized spacial score (nSPS) is 11.1. The van der Waals surface area contributed by atoms with Gasteiger partial charge in [0.15, 0.2) is 0 Å². The van der Waals surface area contributed by atoms with Gasteiger partial charge in [0.2, 0.25) is 0 Å². The fourth-order valence-electron chi connectivity index (χ4n) is 1.84. The van der Waals surface area contributed by atoms with Gasteiger partial charge in [0, 0.05) is 29.6 Å². The molecule has 0 radical (unpaired) electrons. The van der Waals surface area contributed by atoms with Gasteiger partial charge in [0.1, 0.15) is 0 Å². The molecule has 0 unspecified atom stereocenters. The first-order valence-corrected chi connectivity index (χ1v) is 5.40. The highest BCUT2D eigenvalue weighted by molar-refractivity contribution is 9.10. The topological polar surface area (TPSA) is 17.0 Å².